The first kappa shape index (κ1) is 22.6. The van der Waals surface area contributed by atoms with Crippen LogP contribution in [0.3, 0.4) is 0 Å². The Balaban J connectivity index is 1.47. The standard InChI is InChI=1S/C23H30F3N5O/c1-14-5-6-16(13-27-14)21(32)30-9-7-15(8-10-30)17-11-19(23(24,25)26)31-20(28-17)12-18(29-31)22(2,3)4/h5-6,12-13,15,17,19,28H,7-11H2,1-4H3/t17-,19+/m0/s1. The minimum absolute atomic E-state index is 0.0533. The van der Waals surface area contributed by atoms with E-state index in [0.717, 1.165) is 10.4 Å². The van der Waals surface area contributed by atoms with Crippen LogP contribution in [0.2, 0.25) is 0 Å². The van der Waals surface area contributed by atoms with Crippen LogP contribution in [-0.2, 0) is 5.41 Å². The lowest BCUT2D eigenvalue weighted by molar-refractivity contribution is -0.174. The Hall–Kier alpha value is -2.58. The highest BCUT2D eigenvalue weighted by molar-refractivity contribution is 5.94. The summed E-state index contributed by atoms with van der Waals surface area (Å²) < 4.78 is 42.8. The Morgan fingerprint density at radius 3 is 2.41 bits per heavy atom. The Labute approximate surface area is 186 Å². The number of amides is 1. The number of nitrogens with zero attached hydrogens (tertiary/aromatic N) is 4. The molecule has 0 unspecified atom stereocenters. The van der Waals surface area contributed by atoms with E-state index in [1.165, 1.54) is 0 Å². The van der Waals surface area contributed by atoms with Crippen LogP contribution in [0, 0.1) is 12.8 Å². The number of carbonyl (C=O) groups excluding carboxylic acids is 1. The van der Waals surface area contributed by atoms with Gasteiger partial charge in [-0.25, -0.2) is 4.68 Å². The molecule has 0 spiro atoms. The van der Waals surface area contributed by atoms with Crippen molar-refractivity contribution < 1.29 is 18.0 Å². The minimum Gasteiger partial charge on any atom is -0.367 e. The SMILES string of the molecule is Cc1ccc(C(=O)N2CCC([C@@H]3C[C@H](C(F)(F)F)n4nc(C(C)(C)C)cc4N3)CC2)cn1. The fourth-order valence-corrected chi connectivity index (χ4v) is 4.56. The van der Waals surface area contributed by atoms with E-state index >= 15 is 0 Å². The third kappa shape index (κ3) is 4.47. The highest BCUT2D eigenvalue weighted by Gasteiger charge is 2.48. The summed E-state index contributed by atoms with van der Waals surface area (Å²) in [6, 6.07) is 3.36. The van der Waals surface area contributed by atoms with Crippen LogP contribution in [0.15, 0.2) is 24.4 Å². The lowest BCUT2D eigenvalue weighted by Gasteiger charge is -2.41. The van der Waals surface area contributed by atoms with Crippen LogP contribution in [0.1, 0.15) is 67.8 Å². The topological polar surface area (TPSA) is 63.1 Å². The smallest absolute Gasteiger partial charge is 0.367 e. The lowest BCUT2D eigenvalue weighted by Crippen LogP contribution is -2.47. The first-order chi connectivity index (χ1) is 14.9. The second-order valence-corrected chi connectivity index (χ2v) is 9.97. The number of hydrogen-bond acceptors (Lipinski definition) is 4. The molecule has 4 heterocycles. The maximum Gasteiger partial charge on any atom is 0.410 e. The van der Waals surface area contributed by atoms with Gasteiger partial charge in [-0.3, -0.25) is 9.78 Å². The minimum atomic E-state index is -4.37. The quantitative estimate of drug-likeness (QED) is 0.721. The zero-order chi connectivity index (χ0) is 23.3. The number of halogens is 3. The van der Waals surface area contributed by atoms with E-state index in [-0.39, 0.29) is 29.7 Å². The summed E-state index contributed by atoms with van der Waals surface area (Å²) in [6.07, 6.45) is -1.52. The Morgan fingerprint density at radius 1 is 1.16 bits per heavy atom. The molecule has 1 amide bonds. The van der Waals surface area contributed by atoms with E-state index in [2.05, 4.69) is 15.4 Å². The van der Waals surface area contributed by atoms with Gasteiger partial charge in [0, 0.05) is 42.5 Å². The zero-order valence-electron chi connectivity index (χ0n) is 18.9. The van der Waals surface area contributed by atoms with Crippen LogP contribution in [-0.4, -0.2) is 50.9 Å². The number of aromatic nitrogens is 3. The molecule has 1 fully saturated rings. The average molecular weight is 450 g/mol. The van der Waals surface area contributed by atoms with E-state index in [9.17, 15) is 18.0 Å². The molecular formula is C23H30F3N5O. The van der Waals surface area contributed by atoms with Crippen molar-refractivity contribution in [2.24, 2.45) is 5.92 Å². The van der Waals surface area contributed by atoms with Gasteiger partial charge in [-0.05, 0) is 44.2 Å². The van der Waals surface area contributed by atoms with E-state index in [4.69, 9.17) is 0 Å². The molecule has 2 aromatic heterocycles. The molecule has 0 aliphatic carbocycles. The normalized spacial score (nSPS) is 22.4. The third-order valence-corrected chi connectivity index (χ3v) is 6.54. The zero-order valence-corrected chi connectivity index (χ0v) is 18.9. The summed E-state index contributed by atoms with van der Waals surface area (Å²) in [5.41, 5.74) is 1.69. The molecule has 0 aromatic carbocycles. The van der Waals surface area contributed by atoms with E-state index in [1.54, 1.807) is 29.3 Å². The van der Waals surface area contributed by atoms with Gasteiger partial charge in [0.25, 0.3) is 5.91 Å². The van der Waals surface area contributed by atoms with Crippen molar-refractivity contribution in [2.75, 3.05) is 18.4 Å². The van der Waals surface area contributed by atoms with Crippen LogP contribution in [0.5, 0.6) is 0 Å². The van der Waals surface area contributed by atoms with Crippen LogP contribution >= 0.6 is 0 Å². The van der Waals surface area contributed by atoms with Crippen LogP contribution in [0.25, 0.3) is 0 Å². The summed E-state index contributed by atoms with van der Waals surface area (Å²) in [4.78, 5) is 18.7. The second-order valence-electron chi connectivity index (χ2n) is 9.97. The van der Waals surface area contributed by atoms with Crippen LogP contribution in [0.4, 0.5) is 19.0 Å². The fraction of sp³-hybridized carbons (Fsp3) is 0.609. The molecule has 2 aliphatic rings. The molecule has 32 heavy (non-hydrogen) atoms. The van der Waals surface area contributed by atoms with Crippen molar-refractivity contribution in [3.05, 3.63) is 41.3 Å². The number of aryl methyl sites for hydroxylation is 1. The summed E-state index contributed by atoms with van der Waals surface area (Å²) in [5.74, 6) is 0.410. The summed E-state index contributed by atoms with van der Waals surface area (Å²) >= 11 is 0. The highest BCUT2D eigenvalue weighted by atomic mass is 19.4. The molecule has 6 nitrogen and oxygen atoms in total. The molecule has 0 radical (unpaired) electrons. The number of pyridine rings is 1. The number of carbonyl (C=O) groups is 1. The number of nitrogens with one attached hydrogen (secondary N) is 1. The van der Waals surface area contributed by atoms with Gasteiger partial charge in [0.2, 0.25) is 0 Å². The summed E-state index contributed by atoms with van der Waals surface area (Å²) in [7, 11) is 0. The van der Waals surface area contributed by atoms with Gasteiger partial charge in [0.1, 0.15) is 5.82 Å². The van der Waals surface area contributed by atoms with Gasteiger partial charge in [0.15, 0.2) is 6.04 Å². The van der Waals surface area contributed by atoms with Gasteiger partial charge in [0.05, 0.1) is 11.3 Å². The van der Waals surface area contributed by atoms with Crippen molar-refractivity contribution in [2.45, 2.75) is 70.6 Å². The number of hydrogen-bond donors (Lipinski definition) is 1. The van der Waals surface area contributed by atoms with Gasteiger partial charge in [-0.1, -0.05) is 20.8 Å². The number of anilines is 1. The number of fused-ring (bicyclic) bond motifs is 1. The van der Waals surface area contributed by atoms with Crippen molar-refractivity contribution >= 4 is 11.7 Å². The molecule has 2 atom stereocenters. The second kappa shape index (κ2) is 8.08. The lowest BCUT2D eigenvalue weighted by atomic mass is 9.84. The van der Waals surface area contributed by atoms with E-state index in [1.807, 2.05) is 27.7 Å². The third-order valence-electron chi connectivity index (χ3n) is 6.54. The van der Waals surface area contributed by atoms with Crippen molar-refractivity contribution in [3.63, 3.8) is 0 Å². The number of alkyl halides is 3. The molecule has 9 heteroatoms. The Kier molecular flexibility index (Phi) is 5.71. The average Bonchev–Trinajstić information content (AvgIpc) is 3.17. The fourth-order valence-electron chi connectivity index (χ4n) is 4.56. The Morgan fingerprint density at radius 2 is 1.84 bits per heavy atom. The monoisotopic (exact) mass is 449 g/mol. The molecule has 2 aliphatic heterocycles. The highest BCUT2D eigenvalue weighted by Crippen LogP contribution is 2.43. The maximum atomic E-state index is 13.9. The predicted molar refractivity (Wildman–Crippen MR) is 116 cm³/mol. The van der Waals surface area contributed by atoms with Crippen molar-refractivity contribution in [3.8, 4) is 0 Å². The Bertz CT molecular complexity index is 969. The molecule has 0 saturated carbocycles. The van der Waals surface area contributed by atoms with Crippen molar-refractivity contribution in [1.29, 1.82) is 0 Å². The largest absolute Gasteiger partial charge is 0.410 e. The number of likely N-dealkylation sites (tertiary alicyclic amines) is 1. The number of rotatable bonds is 2. The first-order valence-corrected chi connectivity index (χ1v) is 11.1. The molecule has 1 saturated heterocycles. The van der Waals surface area contributed by atoms with E-state index < -0.39 is 12.2 Å². The number of piperidine rings is 1. The summed E-state index contributed by atoms with van der Waals surface area (Å²) in [5, 5.41) is 7.63. The molecule has 174 valence electrons. The first-order valence-electron chi connectivity index (χ1n) is 11.1. The molecule has 1 N–H and O–H groups in total. The van der Waals surface area contributed by atoms with Gasteiger partial charge >= 0.3 is 6.18 Å². The van der Waals surface area contributed by atoms with Gasteiger partial charge < -0.3 is 10.2 Å². The van der Waals surface area contributed by atoms with Gasteiger partial charge in [-0.15, -0.1) is 0 Å². The molecule has 2 aromatic rings. The predicted octanol–water partition coefficient (Wildman–Crippen LogP) is 4.72. The van der Waals surface area contributed by atoms with Gasteiger partial charge in [-0.2, -0.15) is 18.3 Å². The van der Waals surface area contributed by atoms with E-state index in [0.29, 0.717) is 43.0 Å². The van der Waals surface area contributed by atoms with Crippen molar-refractivity contribution in [1.82, 2.24) is 19.7 Å². The maximum absolute atomic E-state index is 13.9. The molecular weight excluding hydrogens is 419 g/mol. The molecule has 0 bridgehead atoms. The van der Waals surface area contributed by atoms with Crippen LogP contribution < -0.4 is 5.32 Å². The molecule has 4 rings (SSSR count). The summed E-state index contributed by atoms with van der Waals surface area (Å²) in [6.45, 7) is 8.74.